The van der Waals surface area contributed by atoms with E-state index in [9.17, 15) is 0 Å². The van der Waals surface area contributed by atoms with Gasteiger partial charge in [-0.1, -0.05) is 34.5 Å². The van der Waals surface area contributed by atoms with Crippen molar-refractivity contribution in [3.63, 3.8) is 0 Å². The van der Waals surface area contributed by atoms with Crippen molar-refractivity contribution < 1.29 is 0 Å². The van der Waals surface area contributed by atoms with Gasteiger partial charge in [-0.05, 0) is 36.7 Å². The number of aryl methyl sites for hydroxylation is 2. The van der Waals surface area contributed by atoms with E-state index in [-0.39, 0.29) is 6.04 Å². The first-order chi connectivity index (χ1) is 9.61. The van der Waals surface area contributed by atoms with Crippen LogP contribution < -0.4 is 5.32 Å². The van der Waals surface area contributed by atoms with Crippen LogP contribution in [-0.4, -0.2) is 16.1 Å². The Bertz CT molecular complexity index is 568. The molecule has 0 amide bonds. The number of aromatic nitrogens is 2. The van der Waals surface area contributed by atoms with Gasteiger partial charge in [0.2, 0.25) is 0 Å². The standard InChI is InChI=1S/C15H19BrClN3/c1-3-18-14(6-7-15-19-8-9-20(15)2)12-10-11(16)4-5-13(12)17/h4-5,8-10,14,18H,3,6-7H2,1-2H3. The van der Waals surface area contributed by atoms with Crippen LogP contribution in [0.25, 0.3) is 0 Å². The average Bonchev–Trinajstić information content (AvgIpc) is 2.83. The van der Waals surface area contributed by atoms with Crippen LogP contribution in [0, 0.1) is 0 Å². The van der Waals surface area contributed by atoms with E-state index in [1.807, 2.05) is 31.6 Å². The molecule has 1 atom stereocenters. The van der Waals surface area contributed by atoms with Crippen molar-refractivity contribution in [2.24, 2.45) is 7.05 Å². The molecular formula is C15H19BrClN3. The zero-order valence-electron chi connectivity index (χ0n) is 11.7. The normalized spacial score (nSPS) is 12.6. The summed E-state index contributed by atoms with van der Waals surface area (Å²) in [5.41, 5.74) is 1.14. The summed E-state index contributed by atoms with van der Waals surface area (Å²) in [5, 5.41) is 4.31. The van der Waals surface area contributed by atoms with Crippen LogP contribution in [0.3, 0.4) is 0 Å². The van der Waals surface area contributed by atoms with E-state index in [0.717, 1.165) is 40.3 Å². The fourth-order valence-corrected chi connectivity index (χ4v) is 2.93. The smallest absolute Gasteiger partial charge is 0.108 e. The predicted octanol–water partition coefficient (Wildman–Crippen LogP) is 4.12. The van der Waals surface area contributed by atoms with Crippen molar-refractivity contribution in [2.75, 3.05) is 6.54 Å². The summed E-state index contributed by atoms with van der Waals surface area (Å²) >= 11 is 9.85. The highest BCUT2D eigenvalue weighted by Gasteiger charge is 2.15. The maximum absolute atomic E-state index is 6.34. The summed E-state index contributed by atoms with van der Waals surface area (Å²) in [4.78, 5) is 4.37. The van der Waals surface area contributed by atoms with Crippen LogP contribution in [0.4, 0.5) is 0 Å². The van der Waals surface area contributed by atoms with Gasteiger partial charge in [-0.25, -0.2) is 4.98 Å². The summed E-state index contributed by atoms with van der Waals surface area (Å²) < 4.78 is 3.11. The number of halogens is 2. The van der Waals surface area contributed by atoms with Crippen molar-refractivity contribution in [1.82, 2.24) is 14.9 Å². The first kappa shape index (κ1) is 15.5. The molecule has 1 heterocycles. The van der Waals surface area contributed by atoms with Crippen molar-refractivity contribution >= 4 is 27.5 Å². The molecule has 0 fully saturated rings. The third-order valence-electron chi connectivity index (χ3n) is 3.36. The molecule has 0 saturated heterocycles. The van der Waals surface area contributed by atoms with Gasteiger partial charge in [-0.3, -0.25) is 0 Å². The van der Waals surface area contributed by atoms with E-state index in [1.54, 1.807) is 0 Å². The van der Waals surface area contributed by atoms with Crippen LogP contribution in [0.15, 0.2) is 35.1 Å². The van der Waals surface area contributed by atoms with E-state index in [0.29, 0.717) is 0 Å². The molecule has 0 aliphatic carbocycles. The topological polar surface area (TPSA) is 29.9 Å². The molecule has 5 heteroatoms. The second-order valence-electron chi connectivity index (χ2n) is 4.77. The largest absolute Gasteiger partial charge is 0.338 e. The van der Waals surface area contributed by atoms with Gasteiger partial charge in [0.25, 0.3) is 0 Å². The SMILES string of the molecule is CCNC(CCc1nccn1C)c1cc(Br)ccc1Cl. The minimum absolute atomic E-state index is 0.238. The highest BCUT2D eigenvalue weighted by atomic mass is 79.9. The number of nitrogens with one attached hydrogen (secondary N) is 1. The summed E-state index contributed by atoms with van der Waals surface area (Å²) in [6.07, 6.45) is 5.70. The second-order valence-corrected chi connectivity index (χ2v) is 6.09. The lowest BCUT2D eigenvalue weighted by Gasteiger charge is -2.20. The Morgan fingerprint density at radius 2 is 2.25 bits per heavy atom. The molecule has 3 nitrogen and oxygen atoms in total. The molecule has 1 aromatic carbocycles. The Morgan fingerprint density at radius 3 is 2.90 bits per heavy atom. The molecule has 0 radical (unpaired) electrons. The highest BCUT2D eigenvalue weighted by molar-refractivity contribution is 9.10. The van der Waals surface area contributed by atoms with Gasteiger partial charge in [0.1, 0.15) is 5.82 Å². The fraction of sp³-hybridized carbons (Fsp3) is 0.400. The Hall–Kier alpha value is -0.840. The molecule has 1 N–H and O–H groups in total. The van der Waals surface area contributed by atoms with Crippen molar-refractivity contribution in [3.05, 3.63) is 51.5 Å². The molecule has 0 aliphatic heterocycles. The molecule has 0 spiro atoms. The van der Waals surface area contributed by atoms with Gasteiger partial charge in [0, 0.05) is 41.4 Å². The van der Waals surface area contributed by atoms with Gasteiger partial charge in [0.15, 0.2) is 0 Å². The molecule has 1 aromatic heterocycles. The third-order valence-corrected chi connectivity index (χ3v) is 4.20. The molecule has 0 aliphatic rings. The highest BCUT2D eigenvalue weighted by Crippen LogP contribution is 2.29. The van der Waals surface area contributed by atoms with Crippen LogP contribution in [0.1, 0.15) is 30.8 Å². The third kappa shape index (κ3) is 3.84. The van der Waals surface area contributed by atoms with Gasteiger partial charge in [-0.2, -0.15) is 0 Å². The van der Waals surface area contributed by atoms with Crippen LogP contribution in [0.2, 0.25) is 5.02 Å². The van der Waals surface area contributed by atoms with Crippen LogP contribution in [0.5, 0.6) is 0 Å². The molecular weight excluding hydrogens is 338 g/mol. The zero-order valence-corrected chi connectivity index (χ0v) is 14.1. The van der Waals surface area contributed by atoms with Gasteiger partial charge >= 0.3 is 0 Å². The first-order valence-electron chi connectivity index (χ1n) is 6.76. The monoisotopic (exact) mass is 355 g/mol. The van der Waals surface area contributed by atoms with E-state index >= 15 is 0 Å². The van der Waals surface area contributed by atoms with Crippen molar-refractivity contribution in [1.29, 1.82) is 0 Å². The molecule has 0 saturated carbocycles. The number of imidazole rings is 1. The van der Waals surface area contributed by atoms with E-state index in [2.05, 4.69) is 43.8 Å². The van der Waals surface area contributed by atoms with Gasteiger partial charge < -0.3 is 9.88 Å². The number of rotatable bonds is 6. The second kappa shape index (κ2) is 7.25. The Balaban J connectivity index is 2.14. The van der Waals surface area contributed by atoms with E-state index < -0.39 is 0 Å². The molecule has 20 heavy (non-hydrogen) atoms. The predicted molar refractivity (Wildman–Crippen MR) is 87.1 cm³/mol. The summed E-state index contributed by atoms with van der Waals surface area (Å²) in [6, 6.07) is 6.23. The Labute approximate surface area is 133 Å². The molecule has 2 rings (SSSR count). The molecule has 2 aromatic rings. The number of benzene rings is 1. The summed E-state index contributed by atoms with van der Waals surface area (Å²) in [7, 11) is 2.02. The lowest BCUT2D eigenvalue weighted by molar-refractivity contribution is 0.505. The average molecular weight is 357 g/mol. The van der Waals surface area contributed by atoms with Crippen LogP contribution >= 0.6 is 27.5 Å². The fourth-order valence-electron chi connectivity index (χ4n) is 2.31. The zero-order chi connectivity index (χ0) is 14.5. The number of nitrogens with zero attached hydrogens (tertiary/aromatic N) is 2. The number of hydrogen-bond acceptors (Lipinski definition) is 2. The summed E-state index contributed by atoms with van der Waals surface area (Å²) in [5.74, 6) is 1.10. The first-order valence-corrected chi connectivity index (χ1v) is 7.93. The van der Waals surface area contributed by atoms with Crippen molar-refractivity contribution in [3.8, 4) is 0 Å². The molecule has 108 valence electrons. The maximum atomic E-state index is 6.34. The Kier molecular flexibility index (Phi) is 5.64. The lowest BCUT2D eigenvalue weighted by atomic mass is 10.0. The summed E-state index contributed by atoms with van der Waals surface area (Å²) in [6.45, 7) is 3.02. The molecule has 0 bridgehead atoms. The van der Waals surface area contributed by atoms with Gasteiger partial charge in [0.05, 0.1) is 0 Å². The van der Waals surface area contributed by atoms with E-state index in [4.69, 9.17) is 11.6 Å². The van der Waals surface area contributed by atoms with Crippen molar-refractivity contribution in [2.45, 2.75) is 25.8 Å². The minimum atomic E-state index is 0.238. The maximum Gasteiger partial charge on any atom is 0.108 e. The lowest BCUT2D eigenvalue weighted by Crippen LogP contribution is -2.22. The minimum Gasteiger partial charge on any atom is -0.338 e. The quantitative estimate of drug-likeness (QED) is 0.844. The van der Waals surface area contributed by atoms with Crippen LogP contribution in [-0.2, 0) is 13.5 Å². The number of hydrogen-bond donors (Lipinski definition) is 1. The Morgan fingerprint density at radius 1 is 1.45 bits per heavy atom. The molecule has 1 unspecified atom stereocenters. The van der Waals surface area contributed by atoms with Gasteiger partial charge in [-0.15, -0.1) is 0 Å². The van der Waals surface area contributed by atoms with E-state index in [1.165, 1.54) is 0 Å².